The first-order valence-corrected chi connectivity index (χ1v) is 8.47. The Bertz CT molecular complexity index is 420. The maximum absolute atomic E-state index is 6.08. The van der Waals surface area contributed by atoms with Crippen LogP contribution in [0.1, 0.15) is 51.6 Å². The average molecular weight is 308 g/mol. The topological polar surface area (TPSA) is 47.7 Å². The van der Waals surface area contributed by atoms with Crippen molar-refractivity contribution in [3.8, 4) is 11.5 Å². The van der Waals surface area contributed by atoms with Crippen molar-refractivity contribution in [3.05, 3.63) is 23.8 Å². The Morgan fingerprint density at radius 2 is 1.86 bits per heavy atom. The smallest absolute Gasteiger partial charge is 0.165 e. The number of unbranched alkanes of at least 4 members (excludes halogenated alkanes) is 2. The molecule has 2 N–H and O–H groups in total. The summed E-state index contributed by atoms with van der Waals surface area (Å²) in [5.41, 5.74) is 7.18. The Labute approximate surface area is 135 Å². The summed E-state index contributed by atoms with van der Waals surface area (Å²) < 4.78 is 11.6. The minimum atomic E-state index is 0.159. The summed E-state index contributed by atoms with van der Waals surface area (Å²) in [6, 6.07) is 6.23. The molecule has 22 heavy (non-hydrogen) atoms. The summed E-state index contributed by atoms with van der Waals surface area (Å²) in [4.78, 5) is 2.35. The molecular formula is C18H32N2O2. The molecule has 4 nitrogen and oxygen atoms in total. The number of hydrogen-bond acceptors (Lipinski definition) is 4. The first-order valence-electron chi connectivity index (χ1n) is 8.47. The maximum Gasteiger partial charge on any atom is 0.165 e. The fourth-order valence-corrected chi connectivity index (χ4v) is 2.77. The predicted octanol–water partition coefficient (Wildman–Crippen LogP) is 3.61. The number of benzene rings is 1. The van der Waals surface area contributed by atoms with E-state index in [1.165, 1.54) is 12.8 Å². The summed E-state index contributed by atoms with van der Waals surface area (Å²) in [5, 5.41) is 0. The molecule has 0 radical (unpaired) electrons. The van der Waals surface area contributed by atoms with Crippen LogP contribution in [0.25, 0.3) is 0 Å². The zero-order valence-corrected chi connectivity index (χ0v) is 14.6. The van der Waals surface area contributed by atoms with Gasteiger partial charge in [0, 0.05) is 12.1 Å². The number of hydrogen-bond donors (Lipinski definition) is 1. The van der Waals surface area contributed by atoms with Gasteiger partial charge in [0.1, 0.15) is 0 Å². The van der Waals surface area contributed by atoms with Crippen LogP contribution in [-0.4, -0.2) is 38.3 Å². The van der Waals surface area contributed by atoms with E-state index in [4.69, 9.17) is 15.2 Å². The van der Waals surface area contributed by atoms with Crippen LogP contribution in [0.15, 0.2) is 18.2 Å². The molecule has 0 aromatic heterocycles. The third kappa shape index (κ3) is 4.89. The number of nitrogens with zero attached hydrogens (tertiary/aromatic N) is 1. The average Bonchev–Trinajstić information content (AvgIpc) is 2.56. The van der Waals surface area contributed by atoms with Crippen LogP contribution >= 0.6 is 0 Å². The summed E-state index contributed by atoms with van der Waals surface area (Å²) >= 11 is 0. The van der Waals surface area contributed by atoms with Gasteiger partial charge in [0.05, 0.1) is 19.8 Å². The fourth-order valence-electron chi connectivity index (χ4n) is 2.77. The highest BCUT2D eigenvalue weighted by Gasteiger charge is 2.22. The molecule has 126 valence electrons. The quantitative estimate of drug-likeness (QED) is 0.634. The third-order valence-electron chi connectivity index (χ3n) is 4.06. The standard InChI is InChI=1S/C18H32N2O2/c1-5-8-9-13-22-18-15(11-10-12-17(18)21-4)16(14-19)20(6-2)7-3/h10-12,16H,5-9,13-14,19H2,1-4H3. The predicted molar refractivity (Wildman–Crippen MR) is 92.7 cm³/mol. The zero-order valence-electron chi connectivity index (χ0n) is 14.6. The van der Waals surface area contributed by atoms with Crippen molar-refractivity contribution in [1.29, 1.82) is 0 Å². The molecule has 0 aliphatic carbocycles. The molecule has 4 heteroatoms. The molecular weight excluding hydrogens is 276 g/mol. The van der Waals surface area contributed by atoms with Crippen molar-refractivity contribution >= 4 is 0 Å². The van der Waals surface area contributed by atoms with E-state index >= 15 is 0 Å². The van der Waals surface area contributed by atoms with E-state index in [1.807, 2.05) is 12.1 Å². The van der Waals surface area contributed by atoms with Crippen LogP contribution in [0.4, 0.5) is 0 Å². The summed E-state index contributed by atoms with van der Waals surface area (Å²) in [5.74, 6) is 1.64. The molecule has 1 unspecified atom stereocenters. The van der Waals surface area contributed by atoms with Gasteiger partial charge in [0.15, 0.2) is 11.5 Å². The Kier molecular flexibility index (Phi) is 8.94. The highest BCUT2D eigenvalue weighted by Crippen LogP contribution is 2.37. The Balaban J connectivity index is 3.05. The second-order valence-corrected chi connectivity index (χ2v) is 5.41. The normalized spacial score (nSPS) is 12.5. The van der Waals surface area contributed by atoms with Crippen molar-refractivity contribution in [1.82, 2.24) is 4.90 Å². The van der Waals surface area contributed by atoms with Crippen molar-refractivity contribution in [3.63, 3.8) is 0 Å². The highest BCUT2D eigenvalue weighted by molar-refractivity contribution is 5.48. The molecule has 0 spiro atoms. The van der Waals surface area contributed by atoms with Gasteiger partial charge in [-0.2, -0.15) is 0 Å². The van der Waals surface area contributed by atoms with Gasteiger partial charge >= 0.3 is 0 Å². The first-order chi connectivity index (χ1) is 10.7. The molecule has 1 aromatic carbocycles. The van der Waals surface area contributed by atoms with E-state index in [9.17, 15) is 0 Å². The van der Waals surface area contributed by atoms with Gasteiger partial charge in [-0.1, -0.05) is 45.7 Å². The number of rotatable bonds is 11. The lowest BCUT2D eigenvalue weighted by molar-refractivity contribution is 0.212. The van der Waals surface area contributed by atoms with Gasteiger partial charge in [-0.3, -0.25) is 4.90 Å². The minimum absolute atomic E-state index is 0.159. The van der Waals surface area contributed by atoms with Gasteiger partial charge in [0.25, 0.3) is 0 Å². The lowest BCUT2D eigenvalue weighted by Gasteiger charge is -2.30. The molecule has 0 aliphatic rings. The lowest BCUT2D eigenvalue weighted by Crippen LogP contribution is -2.33. The summed E-state index contributed by atoms with van der Waals surface area (Å²) in [6.45, 7) is 9.73. The van der Waals surface area contributed by atoms with Crippen LogP contribution < -0.4 is 15.2 Å². The maximum atomic E-state index is 6.08. The van der Waals surface area contributed by atoms with Crippen LogP contribution in [0.2, 0.25) is 0 Å². The summed E-state index contributed by atoms with van der Waals surface area (Å²) in [6.07, 6.45) is 3.43. The fraction of sp³-hybridized carbons (Fsp3) is 0.667. The molecule has 0 aliphatic heterocycles. The Morgan fingerprint density at radius 3 is 2.41 bits per heavy atom. The Morgan fingerprint density at radius 1 is 1.14 bits per heavy atom. The second kappa shape index (κ2) is 10.5. The van der Waals surface area contributed by atoms with E-state index in [-0.39, 0.29) is 6.04 Å². The van der Waals surface area contributed by atoms with Crippen LogP contribution in [0, 0.1) is 0 Å². The van der Waals surface area contributed by atoms with Gasteiger partial charge in [-0.25, -0.2) is 0 Å². The number of likely N-dealkylation sites (N-methyl/N-ethyl adjacent to an activating group) is 1. The molecule has 0 saturated carbocycles. The van der Waals surface area contributed by atoms with Crippen molar-refractivity contribution in [2.75, 3.05) is 33.4 Å². The number of nitrogens with two attached hydrogens (primary N) is 1. The van der Waals surface area contributed by atoms with E-state index < -0.39 is 0 Å². The van der Waals surface area contributed by atoms with Gasteiger partial charge in [-0.15, -0.1) is 0 Å². The second-order valence-electron chi connectivity index (χ2n) is 5.41. The van der Waals surface area contributed by atoms with Crippen LogP contribution in [0.3, 0.4) is 0 Å². The van der Waals surface area contributed by atoms with E-state index in [2.05, 4.69) is 31.7 Å². The Hall–Kier alpha value is -1.26. The monoisotopic (exact) mass is 308 g/mol. The minimum Gasteiger partial charge on any atom is -0.493 e. The van der Waals surface area contributed by atoms with E-state index in [1.54, 1.807) is 7.11 Å². The van der Waals surface area contributed by atoms with E-state index in [0.717, 1.165) is 43.2 Å². The first kappa shape index (κ1) is 18.8. The van der Waals surface area contributed by atoms with Gasteiger partial charge in [0.2, 0.25) is 0 Å². The number of para-hydroxylation sites is 1. The number of methoxy groups -OCH3 is 1. The molecule has 0 saturated heterocycles. The molecule has 0 bridgehead atoms. The van der Waals surface area contributed by atoms with Crippen molar-refractivity contribution in [2.24, 2.45) is 5.73 Å². The third-order valence-corrected chi connectivity index (χ3v) is 4.06. The number of ether oxygens (including phenoxy) is 2. The van der Waals surface area contributed by atoms with E-state index in [0.29, 0.717) is 6.54 Å². The van der Waals surface area contributed by atoms with Crippen LogP contribution in [0.5, 0.6) is 11.5 Å². The zero-order chi connectivity index (χ0) is 16.4. The summed E-state index contributed by atoms with van der Waals surface area (Å²) in [7, 11) is 1.69. The molecule has 0 fully saturated rings. The molecule has 1 atom stereocenters. The molecule has 0 amide bonds. The largest absolute Gasteiger partial charge is 0.493 e. The SMILES string of the molecule is CCCCCOc1c(OC)cccc1C(CN)N(CC)CC. The van der Waals surface area contributed by atoms with Crippen molar-refractivity contribution < 1.29 is 9.47 Å². The highest BCUT2D eigenvalue weighted by atomic mass is 16.5. The molecule has 1 aromatic rings. The molecule has 0 heterocycles. The van der Waals surface area contributed by atoms with Gasteiger partial charge < -0.3 is 15.2 Å². The van der Waals surface area contributed by atoms with Gasteiger partial charge in [-0.05, 0) is 25.6 Å². The molecule has 1 rings (SSSR count). The van der Waals surface area contributed by atoms with Crippen LogP contribution in [-0.2, 0) is 0 Å². The lowest BCUT2D eigenvalue weighted by atomic mass is 10.0. The van der Waals surface area contributed by atoms with Crippen molar-refractivity contribution in [2.45, 2.75) is 46.1 Å².